The van der Waals surface area contributed by atoms with E-state index in [9.17, 15) is 0 Å². The predicted molar refractivity (Wildman–Crippen MR) is 116 cm³/mol. The Balaban J connectivity index is 0.00000243. The molecule has 3 rings (SSSR count). The summed E-state index contributed by atoms with van der Waals surface area (Å²) in [6, 6.07) is 3.90. The fourth-order valence-electron chi connectivity index (χ4n) is 2.72. The van der Waals surface area contributed by atoms with Crippen LogP contribution in [0.2, 0.25) is 0 Å². The van der Waals surface area contributed by atoms with Gasteiger partial charge in [-0.25, -0.2) is 4.98 Å². The molecule has 26 heavy (non-hydrogen) atoms. The van der Waals surface area contributed by atoms with Crippen LogP contribution in [0.4, 0.5) is 0 Å². The van der Waals surface area contributed by atoms with Gasteiger partial charge in [0.15, 0.2) is 5.96 Å². The maximum absolute atomic E-state index is 5.66. The number of aryl methyl sites for hydroxylation is 1. The van der Waals surface area contributed by atoms with Crippen molar-refractivity contribution in [3.05, 3.63) is 40.2 Å². The number of aromatic nitrogens is 1. The lowest BCUT2D eigenvalue weighted by Gasteiger charge is -2.13. The lowest BCUT2D eigenvalue weighted by Crippen LogP contribution is -2.40. The lowest BCUT2D eigenvalue weighted by atomic mass is 10.2. The monoisotopic (exact) mass is 490 g/mol. The molecule has 0 aliphatic carbocycles. The standard InChI is InChI=1S/C18H26N4O2S.HI/c1-14-12-21-17(25-14)7-9-20-18(22-13-16-5-3-11-24-16)19-8-6-15-4-2-10-23-15;/h2,4,10,12,16H,3,5-9,11,13H2,1H3,(H2,19,20,22);1H. The molecule has 2 aromatic heterocycles. The van der Waals surface area contributed by atoms with Crippen molar-refractivity contribution in [2.75, 3.05) is 26.2 Å². The summed E-state index contributed by atoms with van der Waals surface area (Å²) in [5.74, 6) is 1.81. The minimum atomic E-state index is 0. The number of nitrogens with zero attached hydrogens (tertiary/aromatic N) is 2. The molecule has 0 aromatic carbocycles. The van der Waals surface area contributed by atoms with Gasteiger partial charge in [-0.05, 0) is 31.9 Å². The molecular formula is C18H27IN4O2S. The molecule has 0 bridgehead atoms. The van der Waals surface area contributed by atoms with Gasteiger partial charge in [0.1, 0.15) is 5.76 Å². The number of hydrogen-bond donors (Lipinski definition) is 2. The molecule has 144 valence electrons. The molecule has 0 spiro atoms. The zero-order valence-corrected chi connectivity index (χ0v) is 18.2. The molecule has 1 atom stereocenters. The van der Waals surface area contributed by atoms with Crippen molar-refractivity contribution < 1.29 is 9.15 Å². The number of halogens is 1. The Morgan fingerprint density at radius 2 is 2.19 bits per heavy atom. The van der Waals surface area contributed by atoms with E-state index in [-0.39, 0.29) is 30.1 Å². The van der Waals surface area contributed by atoms with E-state index in [1.165, 1.54) is 4.88 Å². The van der Waals surface area contributed by atoms with Crippen LogP contribution in [0, 0.1) is 6.92 Å². The Kier molecular flexibility index (Phi) is 9.41. The van der Waals surface area contributed by atoms with Crippen molar-refractivity contribution in [1.82, 2.24) is 15.6 Å². The van der Waals surface area contributed by atoms with Crippen molar-refractivity contribution in [2.45, 2.75) is 38.7 Å². The first-order chi connectivity index (χ1) is 12.3. The molecule has 8 heteroatoms. The Morgan fingerprint density at radius 3 is 2.85 bits per heavy atom. The first kappa shape index (κ1) is 21.2. The van der Waals surface area contributed by atoms with Gasteiger partial charge in [-0.3, -0.25) is 4.99 Å². The average Bonchev–Trinajstić information content (AvgIpc) is 3.35. The number of furan rings is 1. The summed E-state index contributed by atoms with van der Waals surface area (Å²) in [5, 5.41) is 7.93. The molecule has 1 saturated heterocycles. The van der Waals surface area contributed by atoms with Crippen LogP contribution in [0.3, 0.4) is 0 Å². The molecule has 1 unspecified atom stereocenters. The SMILES string of the molecule is Cc1cnc(CCNC(=NCC2CCCO2)NCCc2ccco2)s1.I. The molecule has 0 radical (unpaired) electrons. The fourth-order valence-corrected chi connectivity index (χ4v) is 3.51. The highest BCUT2D eigenvalue weighted by atomic mass is 127. The smallest absolute Gasteiger partial charge is 0.191 e. The number of hydrogen-bond acceptors (Lipinski definition) is 5. The summed E-state index contributed by atoms with van der Waals surface area (Å²) in [6.07, 6.45) is 7.85. The van der Waals surface area contributed by atoms with Crippen LogP contribution < -0.4 is 10.6 Å². The fraction of sp³-hybridized carbons (Fsp3) is 0.556. The number of nitrogens with one attached hydrogen (secondary N) is 2. The van der Waals surface area contributed by atoms with Gasteiger partial charge in [-0.2, -0.15) is 0 Å². The summed E-state index contributed by atoms with van der Waals surface area (Å²) in [7, 11) is 0. The highest BCUT2D eigenvalue weighted by Gasteiger charge is 2.15. The average molecular weight is 490 g/mol. The number of rotatable bonds is 8. The van der Waals surface area contributed by atoms with Gasteiger partial charge in [-0.1, -0.05) is 0 Å². The van der Waals surface area contributed by atoms with Crippen LogP contribution in [0.15, 0.2) is 34.0 Å². The highest BCUT2D eigenvalue weighted by Crippen LogP contribution is 2.12. The minimum Gasteiger partial charge on any atom is -0.469 e. The van der Waals surface area contributed by atoms with Crippen LogP contribution in [0.5, 0.6) is 0 Å². The normalized spacial score (nSPS) is 17.1. The van der Waals surface area contributed by atoms with E-state index in [4.69, 9.17) is 9.15 Å². The first-order valence-corrected chi connectivity index (χ1v) is 9.69. The topological polar surface area (TPSA) is 71.7 Å². The van der Waals surface area contributed by atoms with E-state index in [1.807, 2.05) is 18.3 Å². The number of ether oxygens (including phenoxy) is 1. The van der Waals surface area contributed by atoms with Gasteiger partial charge in [-0.15, -0.1) is 35.3 Å². The van der Waals surface area contributed by atoms with Crippen molar-refractivity contribution in [2.24, 2.45) is 4.99 Å². The zero-order valence-electron chi connectivity index (χ0n) is 15.1. The zero-order chi connectivity index (χ0) is 17.3. The maximum atomic E-state index is 5.66. The van der Waals surface area contributed by atoms with Gasteiger partial charge >= 0.3 is 0 Å². The molecule has 2 aromatic rings. The summed E-state index contributed by atoms with van der Waals surface area (Å²) in [6.45, 7) is 5.23. The molecule has 2 N–H and O–H groups in total. The Labute approximate surface area is 175 Å². The molecule has 1 aliphatic heterocycles. The van der Waals surface area contributed by atoms with Crippen molar-refractivity contribution in [3.63, 3.8) is 0 Å². The number of aliphatic imine (C=N–C) groups is 1. The van der Waals surface area contributed by atoms with Crippen LogP contribution in [0.1, 0.15) is 28.5 Å². The summed E-state index contributed by atoms with van der Waals surface area (Å²) >= 11 is 1.75. The second-order valence-corrected chi connectivity index (χ2v) is 7.44. The molecule has 0 saturated carbocycles. The maximum Gasteiger partial charge on any atom is 0.191 e. The highest BCUT2D eigenvalue weighted by molar-refractivity contribution is 14.0. The Morgan fingerprint density at radius 1 is 1.35 bits per heavy atom. The van der Waals surface area contributed by atoms with E-state index in [0.717, 1.165) is 62.1 Å². The minimum absolute atomic E-state index is 0. The van der Waals surface area contributed by atoms with Crippen LogP contribution in [0.25, 0.3) is 0 Å². The van der Waals surface area contributed by atoms with Crippen LogP contribution >= 0.6 is 35.3 Å². The Hall–Kier alpha value is -1.13. The van der Waals surface area contributed by atoms with Crippen molar-refractivity contribution in [3.8, 4) is 0 Å². The van der Waals surface area contributed by atoms with E-state index in [0.29, 0.717) is 6.54 Å². The summed E-state index contributed by atoms with van der Waals surface area (Å²) < 4.78 is 11.0. The van der Waals surface area contributed by atoms with Gasteiger partial charge in [0.2, 0.25) is 0 Å². The predicted octanol–water partition coefficient (Wildman–Crippen LogP) is 3.16. The third-order valence-electron chi connectivity index (χ3n) is 4.02. The van der Waals surface area contributed by atoms with E-state index in [2.05, 4.69) is 27.5 Å². The molecule has 0 amide bonds. The van der Waals surface area contributed by atoms with Crippen molar-refractivity contribution in [1.29, 1.82) is 0 Å². The number of guanidine groups is 1. The Bertz CT molecular complexity index is 654. The summed E-state index contributed by atoms with van der Waals surface area (Å²) in [5.41, 5.74) is 0. The summed E-state index contributed by atoms with van der Waals surface area (Å²) in [4.78, 5) is 10.3. The van der Waals surface area contributed by atoms with Gasteiger partial charge in [0.05, 0.1) is 23.9 Å². The molecule has 1 aliphatic rings. The largest absolute Gasteiger partial charge is 0.469 e. The third-order valence-corrected chi connectivity index (χ3v) is 4.99. The first-order valence-electron chi connectivity index (χ1n) is 8.87. The van der Waals surface area contributed by atoms with Crippen LogP contribution in [-0.4, -0.2) is 43.3 Å². The second kappa shape index (κ2) is 11.6. The lowest BCUT2D eigenvalue weighted by molar-refractivity contribution is 0.117. The van der Waals surface area contributed by atoms with Gasteiger partial charge in [0, 0.05) is 43.6 Å². The molecule has 6 nitrogen and oxygen atoms in total. The molecule has 1 fully saturated rings. The number of thiazole rings is 1. The van der Waals surface area contributed by atoms with Gasteiger partial charge < -0.3 is 19.8 Å². The van der Waals surface area contributed by atoms with Crippen molar-refractivity contribution >= 4 is 41.3 Å². The van der Waals surface area contributed by atoms with Gasteiger partial charge in [0.25, 0.3) is 0 Å². The quantitative estimate of drug-likeness (QED) is 0.338. The van der Waals surface area contributed by atoms with E-state index < -0.39 is 0 Å². The second-order valence-electron chi connectivity index (χ2n) is 6.12. The molecule has 3 heterocycles. The third kappa shape index (κ3) is 7.24. The van der Waals surface area contributed by atoms with Crippen LogP contribution in [-0.2, 0) is 17.6 Å². The van der Waals surface area contributed by atoms with E-state index >= 15 is 0 Å². The molecular weight excluding hydrogens is 463 g/mol. The van der Waals surface area contributed by atoms with E-state index in [1.54, 1.807) is 17.6 Å².